The fourth-order valence-corrected chi connectivity index (χ4v) is 5.82. The zero-order valence-electron chi connectivity index (χ0n) is 23.9. The lowest BCUT2D eigenvalue weighted by Gasteiger charge is -2.31. The largest absolute Gasteiger partial charge is 0.481 e. The topological polar surface area (TPSA) is 136 Å². The molecule has 0 aromatic carbocycles. The summed E-state index contributed by atoms with van der Waals surface area (Å²) < 4.78 is 21.9. The van der Waals surface area contributed by atoms with Crippen molar-refractivity contribution in [3.63, 3.8) is 0 Å². The highest BCUT2D eigenvalue weighted by Gasteiger charge is 2.49. The summed E-state index contributed by atoms with van der Waals surface area (Å²) in [6.45, 7) is 2.21. The molecular formula is C30H46FN5O4. The molecule has 4 N–H and O–H groups in total. The Bertz CT molecular complexity index is 1120. The number of unbranched alkanes of at least 4 members (excludes halogenated alkanes) is 10. The Kier molecular flexibility index (Phi) is 12.6. The molecule has 0 amide bonds. The summed E-state index contributed by atoms with van der Waals surface area (Å²) in [4.78, 5) is 22.3. The molecule has 1 aliphatic rings. The Balaban J connectivity index is 1.59. The third-order valence-electron chi connectivity index (χ3n) is 8.10. The smallest absolute Gasteiger partial charge is 0.312 e. The number of rotatable bonds is 19. The average Bonchev–Trinajstić information content (AvgIpc) is 3.48. The van der Waals surface area contributed by atoms with Crippen LogP contribution in [0.15, 0.2) is 6.33 Å². The zero-order valence-corrected chi connectivity index (χ0v) is 23.9. The van der Waals surface area contributed by atoms with Crippen molar-refractivity contribution in [2.24, 2.45) is 5.92 Å². The first-order chi connectivity index (χ1) is 19.3. The van der Waals surface area contributed by atoms with E-state index < -0.39 is 30.0 Å². The number of anilines is 1. The quantitative estimate of drug-likeness (QED) is 0.106. The van der Waals surface area contributed by atoms with Gasteiger partial charge in [0.15, 0.2) is 22.6 Å². The maximum Gasteiger partial charge on any atom is 0.312 e. The van der Waals surface area contributed by atoms with Crippen LogP contribution in [0.1, 0.15) is 122 Å². The maximum absolute atomic E-state index is 13.9. The van der Waals surface area contributed by atoms with E-state index in [0.29, 0.717) is 12.3 Å². The van der Waals surface area contributed by atoms with Crippen molar-refractivity contribution in [3.05, 3.63) is 12.4 Å². The number of hydrogen-bond acceptors (Lipinski definition) is 7. The molecule has 0 bridgehead atoms. The van der Waals surface area contributed by atoms with Crippen LogP contribution in [0.2, 0.25) is 0 Å². The van der Waals surface area contributed by atoms with Gasteiger partial charge in [-0.3, -0.25) is 9.36 Å². The summed E-state index contributed by atoms with van der Waals surface area (Å²) in [6.07, 6.45) is 21.3. The highest BCUT2D eigenvalue weighted by molar-refractivity contribution is 5.81. The standard InChI is InChI=1S/C30H46FN5O4/c1-3-5-6-10-13-16-22(17-14-11-8-7-9-12-15-18-25(38)39)20-30(4-2)23(37)19-24(40-30)36-21-33-26-27(32)34-29(31)35-28(26)36/h2,21-24,37H,3,5-20H2,1H3,(H,38,39)(H2,32,34,35)/t22?,23-,24+,30-/m0/s1. The summed E-state index contributed by atoms with van der Waals surface area (Å²) in [5, 5.41) is 19.9. The van der Waals surface area contributed by atoms with Gasteiger partial charge in [0.25, 0.3) is 0 Å². The Hall–Kier alpha value is -2.77. The van der Waals surface area contributed by atoms with E-state index in [0.717, 1.165) is 64.2 Å². The number of terminal acetylenes is 1. The van der Waals surface area contributed by atoms with E-state index in [1.54, 1.807) is 4.57 Å². The van der Waals surface area contributed by atoms with Gasteiger partial charge in [-0.15, -0.1) is 6.42 Å². The van der Waals surface area contributed by atoms with E-state index in [2.05, 4.69) is 27.8 Å². The average molecular weight is 560 g/mol. The van der Waals surface area contributed by atoms with Crippen molar-refractivity contribution >= 4 is 23.0 Å². The van der Waals surface area contributed by atoms with Gasteiger partial charge in [-0.2, -0.15) is 14.4 Å². The van der Waals surface area contributed by atoms with Crippen LogP contribution in [-0.4, -0.2) is 47.4 Å². The van der Waals surface area contributed by atoms with Gasteiger partial charge in [-0.1, -0.05) is 96.3 Å². The Morgan fingerprint density at radius 2 is 1.77 bits per heavy atom. The second-order valence-electron chi connectivity index (χ2n) is 11.2. The lowest BCUT2D eigenvalue weighted by atomic mass is 9.81. The van der Waals surface area contributed by atoms with Gasteiger partial charge in [0.1, 0.15) is 6.23 Å². The van der Waals surface area contributed by atoms with Crippen molar-refractivity contribution in [2.45, 2.75) is 134 Å². The molecule has 1 saturated heterocycles. The minimum Gasteiger partial charge on any atom is -0.481 e. The molecule has 0 radical (unpaired) electrons. The number of nitrogen functional groups attached to an aromatic ring is 1. The van der Waals surface area contributed by atoms with Crippen molar-refractivity contribution in [1.82, 2.24) is 19.5 Å². The summed E-state index contributed by atoms with van der Waals surface area (Å²) in [5.41, 5.74) is 5.17. The fraction of sp³-hybridized carbons (Fsp3) is 0.733. The van der Waals surface area contributed by atoms with Gasteiger partial charge in [0.2, 0.25) is 0 Å². The molecule has 1 aliphatic heterocycles. The molecule has 3 heterocycles. The van der Waals surface area contributed by atoms with Gasteiger partial charge in [-0.25, -0.2) is 4.98 Å². The number of aliphatic hydroxyl groups is 1. The van der Waals surface area contributed by atoms with E-state index in [1.165, 1.54) is 32.0 Å². The summed E-state index contributed by atoms with van der Waals surface area (Å²) in [6, 6.07) is 0. The monoisotopic (exact) mass is 559 g/mol. The Labute approximate surface area is 237 Å². The van der Waals surface area contributed by atoms with Crippen LogP contribution in [0.3, 0.4) is 0 Å². The van der Waals surface area contributed by atoms with Crippen LogP contribution >= 0.6 is 0 Å². The number of hydrogen-bond donors (Lipinski definition) is 3. The number of carboxylic acid groups (broad SMARTS) is 1. The SMILES string of the molecule is C#C[C@@]1(CC(CCCCCCC)CCCCCCCCCC(=O)O)O[C@@H](n2cnc3c(N)nc(F)nc32)C[C@@H]1O. The number of aliphatic hydroxyl groups excluding tert-OH is 1. The molecule has 222 valence electrons. The summed E-state index contributed by atoms with van der Waals surface area (Å²) in [5.74, 6) is 2.33. The normalized spacial score (nSPS) is 21.6. The third-order valence-corrected chi connectivity index (χ3v) is 8.10. The number of imidazole rings is 1. The lowest BCUT2D eigenvalue weighted by Crippen LogP contribution is -2.40. The van der Waals surface area contributed by atoms with Crippen LogP contribution in [-0.2, 0) is 9.53 Å². The predicted octanol–water partition coefficient (Wildman–Crippen LogP) is 6.16. The number of aliphatic carboxylic acids is 1. The first kappa shape index (κ1) is 31.8. The highest BCUT2D eigenvalue weighted by atomic mass is 19.1. The van der Waals surface area contributed by atoms with Gasteiger partial charge in [-0.05, 0) is 18.8 Å². The lowest BCUT2D eigenvalue weighted by molar-refractivity contribution is -0.137. The first-order valence-electron chi connectivity index (χ1n) is 15.0. The minimum absolute atomic E-state index is 0.0496. The van der Waals surface area contributed by atoms with Gasteiger partial charge in [0.05, 0.1) is 12.4 Å². The van der Waals surface area contributed by atoms with Gasteiger partial charge in [0, 0.05) is 12.8 Å². The van der Waals surface area contributed by atoms with Gasteiger partial charge < -0.3 is 20.7 Å². The summed E-state index contributed by atoms with van der Waals surface area (Å²) in [7, 11) is 0. The Morgan fingerprint density at radius 1 is 1.15 bits per heavy atom. The predicted molar refractivity (Wildman–Crippen MR) is 153 cm³/mol. The second kappa shape index (κ2) is 15.9. The van der Waals surface area contributed by atoms with E-state index in [4.69, 9.17) is 22.0 Å². The molecule has 0 aliphatic carbocycles. The van der Waals surface area contributed by atoms with Crippen LogP contribution in [0.5, 0.6) is 0 Å². The number of nitrogens with zero attached hydrogens (tertiary/aromatic N) is 4. The molecular weight excluding hydrogens is 513 g/mol. The molecule has 0 spiro atoms. The van der Waals surface area contributed by atoms with E-state index in [-0.39, 0.29) is 29.8 Å². The fourth-order valence-electron chi connectivity index (χ4n) is 5.82. The minimum atomic E-state index is -1.14. The van der Waals surface area contributed by atoms with Crippen LogP contribution in [0.25, 0.3) is 11.2 Å². The van der Waals surface area contributed by atoms with Crippen LogP contribution in [0, 0.1) is 24.3 Å². The van der Waals surface area contributed by atoms with E-state index in [1.807, 2.05) is 0 Å². The van der Waals surface area contributed by atoms with Crippen LogP contribution in [0.4, 0.5) is 10.2 Å². The number of halogens is 1. The van der Waals surface area contributed by atoms with Crippen molar-refractivity contribution in [3.8, 4) is 12.3 Å². The van der Waals surface area contributed by atoms with Gasteiger partial charge >= 0.3 is 12.0 Å². The number of carboxylic acids is 1. The van der Waals surface area contributed by atoms with Crippen molar-refractivity contribution in [2.75, 3.05) is 5.73 Å². The number of fused-ring (bicyclic) bond motifs is 1. The number of nitrogens with two attached hydrogens (primary N) is 1. The molecule has 1 unspecified atom stereocenters. The molecule has 1 fully saturated rings. The molecule has 3 rings (SSSR count). The van der Waals surface area contributed by atoms with Crippen molar-refractivity contribution < 1.29 is 24.1 Å². The Morgan fingerprint density at radius 3 is 2.40 bits per heavy atom. The zero-order chi connectivity index (χ0) is 29.0. The summed E-state index contributed by atoms with van der Waals surface area (Å²) >= 11 is 0. The molecule has 4 atom stereocenters. The molecule has 40 heavy (non-hydrogen) atoms. The second-order valence-corrected chi connectivity index (χ2v) is 11.2. The van der Waals surface area contributed by atoms with E-state index in [9.17, 15) is 14.3 Å². The molecule has 2 aromatic rings. The number of ether oxygens (including phenoxy) is 1. The molecule has 10 heteroatoms. The van der Waals surface area contributed by atoms with E-state index >= 15 is 0 Å². The highest BCUT2D eigenvalue weighted by Crippen LogP contribution is 2.43. The molecule has 9 nitrogen and oxygen atoms in total. The maximum atomic E-state index is 13.9. The third kappa shape index (κ3) is 8.87. The van der Waals surface area contributed by atoms with Crippen LogP contribution < -0.4 is 5.73 Å². The molecule has 0 saturated carbocycles. The first-order valence-corrected chi connectivity index (χ1v) is 15.0. The molecule has 2 aromatic heterocycles. The van der Waals surface area contributed by atoms with Crippen molar-refractivity contribution in [1.29, 1.82) is 0 Å². The number of aromatic nitrogens is 4. The number of carbonyl (C=O) groups is 1.